The monoisotopic (exact) mass is 534 g/mol. The van der Waals surface area contributed by atoms with E-state index in [-0.39, 0.29) is 24.6 Å². The van der Waals surface area contributed by atoms with Crippen molar-refractivity contribution in [3.63, 3.8) is 0 Å². The average Bonchev–Trinajstić information content (AvgIpc) is 3.25. The summed E-state index contributed by atoms with van der Waals surface area (Å²) in [7, 11) is 1.50. The number of methoxy groups -OCH3 is 1. The highest BCUT2D eigenvalue weighted by atomic mass is 16.7. The van der Waals surface area contributed by atoms with E-state index in [0.717, 1.165) is 56.1 Å². The second kappa shape index (κ2) is 13.2. The van der Waals surface area contributed by atoms with E-state index in [0.29, 0.717) is 17.3 Å². The highest BCUT2D eigenvalue weighted by Gasteiger charge is 2.60. The van der Waals surface area contributed by atoms with Crippen LogP contribution in [0, 0.1) is 39.9 Å². The Kier molecular flexibility index (Phi) is 11.6. The molecule has 0 bridgehead atoms. The molecule has 6 unspecified atom stereocenters. The van der Waals surface area contributed by atoms with Crippen molar-refractivity contribution in [2.75, 3.05) is 20.3 Å². The third-order valence-electron chi connectivity index (χ3n) is 10.9. The Bertz CT molecular complexity index is 790. The summed E-state index contributed by atoms with van der Waals surface area (Å²) in [5, 5.41) is 0. The molecule has 0 amide bonds. The largest absolute Gasteiger partial charge is 0.469 e. The summed E-state index contributed by atoms with van der Waals surface area (Å²) < 4.78 is 17.7. The molecular weight excluding hydrogens is 472 g/mol. The zero-order valence-corrected chi connectivity index (χ0v) is 25.7. The summed E-state index contributed by atoms with van der Waals surface area (Å²) in [6, 6.07) is 0. The summed E-state index contributed by atoms with van der Waals surface area (Å²) in [6.45, 7) is 19.2. The maximum Gasteiger partial charge on any atom is 0.305 e. The van der Waals surface area contributed by atoms with Crippen LogP contribution in [-0.2, 0) is 19.0 Å². The number of rotatable bonds is 4. The minimum atomic E-state index is -0.366. The number of hydrogen-bond acceptors (Lipinski definition) is 4. The molecule has 0 aromatic carbocycles. The van der Waals surface area contributed by atoms with E-state index in [4.69, 9.17) is 14.2 Å². The number of carbonyl (C=O) groups excluding carboxylic acids is 1. The Morgan fingerprint density at radius 2 is 1.61 bits per heavy atom. The minimum Gasteiger partial charge on any atom is -0.469 e. The quantitative estimate of drug-likeness (QED) is 0.266. The predicted octanol–water partition coefficient (Wildman–Crippen LogP) is 9.37. The summed E-state index contributed by atoms with van der Waals surface area (Å²) >= 11 is 0. The number of esters is 1. The molecule has 0 N–H and O–H groups in total. The molecule has 222 valence electrons. The molecule has 1 spiro atoms. The number of hydrogen-bond donors (Lipinski definition) is 0. The van der Waals surface area contributed by atoms with Crippen molar-refractivity contribution in [1.29, 1.82) is 0 Å². The first-order chi connectivity index (χ1) is 17.6. The Labute approximate surface area is 236 Å². The lowest BCUT2D eigenvalue weighted by atomic mass is 9.47. The van der Waals surface area contributed by atoms with Crippen LogP contribution >= 0.6 is 0 Å². The van der Waals surface area contributed by atoms with Crippen molar-refractivity contribution < 1.29 is 19.0 Å². The second-order valence-corrected chi connectivity index (χ2v) is 13.4. The van der Waals surface area contributed by atoms with Gasteiger partial charge in [-0.2, -0.15) is 0 Å². The van der Waals surface area contributed by atoms with Gasteiger partial charge in [0.25, 0.3) is 0 Å². The van der Waals surface area contributed by atoms with Crippen molar-refractivity contribution in [2.24, 2.45) is 39.9 Å². The topological polar surface area (TPSA) is 44.8 Å². The predicted molar refractivity (Wildman–Crippen MR) is 159 cm³/mol. The molecule has 5 aliphatic rings. The van der Waals surface area contributed by atoms with Gasteiger partial charge >= 0.3 is 5.97 Å². The SMILES string of the molecule is C.CC.CC.COC(=O)CCCC1CCC2C3CC=C4CC5(CCC4(C)C3CCC12C)OCC(C)(C)CO5. The Morgan fingerprint density at radius 1 is 0.947 bits per heavy atom. The molecule has 0 radical (unpaired) electrons. The van der Waals surface area contributed by atoms with E-state index >= 15 is 0 Å². The molecule has 4 aliphatic carbocycles. The van der Waals surface area contributed by atoms with Crippen LogP contribution in [0.15, 0.2) is 11.6 Å². The molecule has 4 nitrogen and oxygen atoms in total. The fraction of sp³-hybridized carbons (Fsp3) is 0.912. The Morgan fingerprint density at radius 3 is 2.24 bits per heavy atom. The molecule has 5 rings (SSSR count). The molecule has 0 aromatic rings. The first-order valence-electron chi connectivity index (χ1n) is 15.7. The van der Waals surface area contributed by atoms with Gasteiger partial charge in [-0.3, -0.25) is 4.79 Å². The van der Waals surface area contributed by atoms with E-state index in [1.165, 1.54) is 52.1 Å². The van der Waals surface area contributed by atoms with Crippen LogP contribution in [0.4, 0.5) is 0 Å². The molecule has 4 fully saturated rings. The van der Waals surface area contributed by atoms with Crippen LogP contribution in [-0.4, -0.2) is 32.1 Å². The van der Waals surface area contributed by atoms with Gasteiger partial charge in [0, 0.05) is 24.7 Å². The van der Waals surface area contributed by atoms with Crippen LogP contribution in [0.2, 0.25) is 0 Å². The lowest BCUT2D eigenvalue weighted by Gasteiger charge is -2.60. The molecule has 4 heteroatoms. The van der Waals surface area contributed by atoms with E-state index in [1.807, 2.05) is 27.7 Å². The lowest BCUT2D eigenvalue weighted by Crippen LogP contribution is -2.55. The zero-order valence-electron chi connectivity index (χ0n) is 25.7. The van der Waals surface area contributed by atoms with Crippen LogP contribution in [0.5, 0.6) is 0 Å². The van der Waals surface area contributed by atoms with E-state index in [9.17, 15) is 4.79 Å². The van der Waals surface area contributed by atoms with Gasteiger partial charge in [0.15, 0.2) is 5.79 Å². The van der Waals surface area contributed by atoms with Gasteiger partial charge < -0.3 is 14.2 Å². The summed E-state index contributed by atoms with van der Waals surface area (Å²) in [5.74, 6) is 2.82. The third-order valence-corrected chi connectivity index (χ3v) is 10.9. The van der Waals surface area contributed by atoms with Gasteiger partial charge in [0.2, 0.25) is 0 Å². The summed E-state index contributed by atoms with van der Waals surface area (Å²) in [4.78, 5) is 11.6. The number of fused-ring (bicyclic) bond motifs is 5. The molecule has 1 heterocycles. The normalized spacial score (nSPS) is 37.9. The first kappa shape index (κ1) is 33.3. The van der Waals surface area contributed by atoms with Crippen molar-refractivity contribution in [3.8, 4) is 0 Å². The van der Waals surface area contributed by atoms with E-state index in [1.54, 1.807) is 5.57 Å². The molecule has 38 heavy (non-hydrogen) atoms. The average molecular weight is 535 g/mol. The van der Waals surface area contributed by atoms with Crippen molar-refractivity contribution >= 4 is 5.97 Å². The van der Waals surface area contributed by atoms with Crippen molar-refractivity contribution in [2.45, 2.75) is 139 Å². The number of allylic oxidation sites excluding steroid dienone is 1. The summed E-state index contributed by atoms with van der Waals surface area (Å²) in [5.41, 5.74) is 2.53. The Hall–Kier alpha value is -0.870. The van der Waals surface area contributed by atoms with E-state index < -0.39 is 0 Å². The lowest BCUT2D eigenvalue weighted by molar-refractivity contribution is -0.310. The van der Waals surface area contributed by atoms with Crippen molar-refractivity contribution in [3.05, 3.63) is 11.6 Å². The second-order valence-electron chi connectivity index (χ2n) is 13.4. The number of carbonyl (C=O) groups is 1. The van der Waals surface area contributed by atoms with Gasteiger partial charge in [0.1, 0.15) is 0 Å². The van der Waals surface area contributed by atoms with E-state index in [2.05, 4.69) is 33.8 Å². The van der Waals surface area contributed by atoms with Crippen molar-refractivity contribution in [1.82, 2.24) is 0 Å². The van der Waals surface area contributed by atoms with Gasteiger partial charge in [-0.1, -0.05) is 74.5 Å². The Balaban J connectivity index is 0.000000969. The minimum absolute atomic E-state index is 0. The van der Waals surface area contributed by atoms with Crippen LogP contribution in [0.25, 0.3) is 0 Å². The van der Waals surface area contributed by atoms with Crippen LogP contribution in [0.3, 0.4) is 0 Å². The van der Waals surface area contributed by atoms with Gasteiger partial charge in [-0.05, 0) is 85.9 Å². The third kappa shape index (κ3) is 6.22. The fourth-order valence-corrected chi connectivity index (χ4v) is 8.77. The van der Waals surface area contributed by atoms with Gasteiger partial charge in [-0.25, -0.2) is 0 Å². The standard InChI is InChI=1S/C29H46O4.2C2H6.CH4/c1-26(2)18-32-29(33-19-26)16-15-28(4)21(17-29)9-11-22-23-12-10-20(7-6-8-25(30)31-5)27(23,3)14-13-24(22)28;2*1-2;/h9,20,22-24H,6-8,10-19H2,1-5H3;2*1-2H3;1H4. The molecule has 6 atom stereocenters. The smallest absolute Gasteiger partial charge is 0.305 e. The number of ether oxygens (including phenoxy) is 3. The highest BCUT2D eigenvalue weighted by molar-refractivity contribution is 5.68. The molecule has 0 aromatic heterocycles. The highest BCUT2D eigenvalue weighted by Crippen LogP contribution is 2.67. The molecule has 1 saturated heterocycles. The molecule has 1 aliphatic heterocycles. The molecule has 3 saturated carbocycles. The maximum atomic E-state index is 11.6. The van der Waals surface area contributed by atoms with Gasteiger partial charge in [0.05, 0.1) is 20.3 Å². The maximum absolute atomic E-state index is 11.6. The fourth-order valence-electron chi connectivity index (χ4n) is 8.77. The molecular formula is C34H62O4. The zero-order chi connectivity index (χ0) is 27.5. The van der Waals surface area contributed by atoms with Crippen LogP contribution in [0.1, 0.15) is 133 Å². The van der Waals surface area contributed by atoms with Gasteiger partial charge in [-0.15, -0.1) is 0 Å². The van der Waals surface area contributed by atoms with Crippen LogP contribution < -0.4 is 0 Å². The first-order valence-corrected chi connectivity index (χ1v) is 15.7. The summed E-state index contributed by atoms with van der Waals surface area (Å²) in [6.07, 6.45) is 15.3.